The van der Waals surface area contributed by atoms with Crippen LogP contribution in [0.5, 0.6) is 0 Å². The van der Waals surface area contributed by atoms with Gasteiger partial charge in [-0.05, 0) is 63.5 Å². The Morgan fingerprint density at radius 3 is 2.63 bits per heavy atom. The van der Waals surface area contributed by atoms with Crippen LogP contribution in [0.4, 0.5) is 0 Å². The number of hydrogen-bond acceptors (Lipinski definition) is 3. The molecule has 5 heteroatoms. The minimum atomic E-state index is 0. The van der Waals surface area contributed by atoms with Gasteiger partial charge in [0.1, 0.15) is 0 Å². The topological polar surface area (TPSA) is 28.2 Å². The molecule has 0 unspecified atom stereocenters. The zero-order valence-electron chi connectivity index (χ0n) is 11.5. The molecule has 1 N–H and O–H groups in total. The highest BCUT2D eigenvalue weighted by Gasteiger charge is 2.17. The van der Waals surface area contributed by atoms with Crippen molar-refractivity contribution in [3.63, 3.8) is 0 Å². The molecule has 1 fully saturated rings. The largest absolute Gasteiger partial charge is 0.319 e. The van der Waals surface area contributed by atoms with E-state index in [1.54, 1.807) is 0 Å². The molecule has 1 aliphatic rings. The lowest BCUT2D eigenvalue weighted by molar-refractivity contribution is 0.185. The summed E-state index contributed by atoms with van der Waals surface area (Å²) in [5.41, 5.74) is 1.35. The fourth-order valence-electron chi connectivity index (χ4n) is 2.54. The van der Waals surface area contributed by atoms with E-state index in [0.717, 1.165) is 12.3 Å². The van der Waals surface area contributed by atoms with Gasteiger partial charge in [0.05, 0.1) is 0 Å². The molecule has 0 saturated carbocycles. The number of halogens is 2. The number of hydrogen-bond donors (Lipinski definition) is 1. The van der Waals surface area contributed by atoms with Crippen molar-refractivity contribution in [2.75, 3.05) is 33.2 Å². The first-order valence-electron chi connectivity index (χ1n) is 6.64. The molecule has 0 radical (unpaired) electrons. The van der Waals surface area contributed by atoms with Gasteiger partial charge in [0.2, 0.25) is 0 Å². The maximum atomic E-state index is 4.16. The molecule has 1 aromatic rings. The van der Waals surface area contributed by atoms with Crippen LogP contribution in [0.2, 0.25) is 0 Å². The molecule has 2 rings (SSSR count). The molecule has 0 aromatic carbocycles. The van der Waals surface area contributed by atoms with Crippen LogP contribution in [0.25, 0.3) is 0 Å². The Kier molecular flexibility index (Phi) is 10.2. The molecular formula is C14H25Cl2N3. The Hall–Kier alpha value is -0.350. The molecule has 19 heavy (non-hydrogen) atoms. The molecule has 2 heterocycles. The first-order chi connectivity index (χ1) is 8.38. The van der Waals surface area contributed by atoms with Crippen molar-refractivity contribution in [3.8, 4) is 0 Å². The summed E-state index contributed by atoms with van der Waals surface area (Å²) in [6.07, 6.45) is 7.63. The van der Waals surface area contributed by atoms with Gasteiger partial charge >= 0.3 is 0 Å². The average molecular weight is 306 g/mol. The number of rotatable bonds is 5. The Balaban J connectivity index is 0.00000162. The van der Waals surface area contributed by atoms with E-state index in [9.17, 15) is 0 Å². The van der Waals surface area contributed by atoms with Crippen LogP contribution in [0, 0.1) is 5.92 Å². The van der Waals surface area contributed by atoms with Crippen molar-refractivity contribution in [2.45, 2.75) is 19.3 Å². The predicted octanol–water partition coefficient (Wildman–Crippen LogP) is 2.40. The summed E-state index contributed by atoms with van der Waals surface area (Å²) in [6.45, 7) is 4.87. The summed E-state index contributed by atoms with van der Waals surface area (Å²) in [6, 6.07) is 4.19. The van der Waals surface area contributed by atoms with Gasteiger partial charge in [0, 0.05) is 18.9 Å². The number of aromatic nitrogens is 1. The summed E-state index contributed by atoms with van der Waals surface area (Å²) < 4.78 is 0. The lowest BCUT2D eigenvalue weighted by Crippen LogP contribution is -2.37. The molecule has 1 aliphatic heterocycles. The van der Waals surface area contributed by atoms with Crippen molar-refractivity contribution in [1.29, 1.82) is 0 Å². The third-order valence-electron chi connectivity index (χ3n) is 3.64. The van der Waals surface area contributed by atoms with Crippen LogP contribution < -0.4 is 5.32 Å². The monoisotopic (exact) mass is 305 g/mol. The first-order valence-corrected chi connectivity index (χ1v) is 6.64. The molecule has 110 valence electrons. The summed E-state index contributed by atoms with van der Waals surface area (Å²) in [4.78, 5) is 6.74. The van der Waals surface area contributed by atoms with E-state index in [2.05, 4.69) is 28.3 Å². The molecule has 0 bridgehead atoms. The van der Waals surface area contributed by atoms with E-state index in [1.807, 2.05) is 18.5 Å². The van der Waals surface area contributed by atoms with Gasteiger partial charge in [-0.25, -0.2) is 0 Å². The molecule has 0 spiro atoms. The third-order valence-corrected chi connectivity index (χ3v) is 3.64. The van der Waals surface area contributed by atoms with Gasteiger partial charge in [0.25, 0.3) is 0 Å². The molecule has 3 nitrogen and oxygen atoms in total. The Labute approximate surface area is 129 Å². The Bertz CT molecular complexity index is 314. The standard InChI is InChI=1S/C14H23N3.2ClH/c1-15-11-14-5-9-17(10-6-14)8-4-13-3-2-7-16-12-13;;/h2-3,7,12,14-15H,4-6,8-11H2,1H3;2*1H. The summed E-state index contributed by atoms with van der Waals surface area (Å²) in [5.74, 6) is 0.884. The SMILES string of the molecule is CNCC1CCN(CCc2cccnc2)CC1.Cl.Cl. The second kappa shape index (κ2) is 10.4. The molecular weight excluding hydrogens is 281 g/mol. The van der Waals surface area contributed by atoms with E-state index >= 15 is 0 Å². The highest BCUT2D eigenvalue weighted by Crippen LogP contribution is 2.16. The highest BCUT2D eigenvalue weighted by molar-refractivity contribution is 5.85. The smallest absolute Gasteiger partial charge is 0.0300 e. The minimum Gasteiger partial charge on any atom is -0.319 e. The fourth-order valence-corrected chi connectivity index (χ4v) is 2.54. The van der Waals surface area contributed by atoms with Crippen LogP contribution in [0.3, 0.4) is 0 Å². The van der Waals surface area contributed by atoms with Crippen LogP contribution in [0.1, 0.15) is 18.4 Å². The van der Waals surface area contributed by atoms with E-state index in [0.29, 0.717) is 0 Å². The predicted molar refractivity (Wildman–Crippen MR) is 85.5 cm³/mol. The minimum absolute atomic E-state index is 0. The zero-order chi connectivity index (χ0) is 11.9. The quantitative estimate of drug-likeness (QED) is 0.905. The third kappa shape index (κ3) is 6.57. The second-order valence-corrected chi connectivity index (χ2v) is 4.95. The number of pyridine rings is 1. The van der Waals surface area contributed by atoms with Crippen molar-refractivity contribution < 1.29 is 0 Å². The lowest BCUT2D eigenvalue weighted by atomic mass is 9.96. The summed E-state index contributed by atoms with van der Waals surface area (Å²) >= 11 is 0. The molecule has 1 aromatic heterocycles. The van der Waals surface area contributed by atoms with Crippen molar-refractivity contribution in [1.82, 2.24) is 15.2 Å². The molecule has 1 saturated heterocycles. The number of piperidine rings is 1. The van der Waals surface area contributed by atoms with E-state index in [-0.39, 0.29) is 24.8 Å². The molecule has 0 atom stereocenters. The second-order valence-electron chi connectivity index (χ2n) is 4.95. The van der Waals surface area contributed by atoms with E-state index < -0.39 is 0 Å². The fraction of sp³-hybridized carbons (Fsp3) is 0.643. The maximum absolute atomic E-state index is 4.16. The number of nitrogens with zero attached hydrogens (tertiary/aromatic N) is 2. The number of nitrogens with one attached hydrogen (secondary N) is 1. The van der Waals surface area contributed by atoms with Crippen LogP contribution in [0.15, 0.2) is 24.5 Å². The summed E-state index contributed by atoms with van der Waals surface area (Å²) in [5, 5.41) is 3.28. The highest BCUT2D eigenvalue weighted by atomic mass is 35.5. The van der Waals surface area contributed by atoms with Gasteiger partial charge in [-0.2, -0.15) is 0 Å². The van der Waals surface area contributed by atoms with Gasteiger partial charge in [-0.1, -0.05) is 6.07 Å². The summed E-state index contributed by atoms with van der Waals surface area (Å²) in [7, 11) is 2.05. The first kappa shape index (κ1) is 18.7. The van der Waals surface area contributed by atoms with Crippen LogP contribution >= 0.6 is 24.8 Å². The Morgan fingerprint density at radius 2 is 2.05 bits per heavy atom. The van der Waals surface area contributed by atoms with Crippen molar-refractivity contribution in [2.24, 2.45) is 5.92 Å². The van der Waals surface area contributed by atoms with Gasteiger partial charge in [-0.3, -0.25) is 4.98 Å². The maximum Gasteiger partial charge on any atom is 0.0300 e. The van der Waals surface area contributed by atoms with Crippen molar-refractivity contribution in [3.05, 3.63) is 30.1 Å². The zero-order valence-corrected chi connectivity index (χ0v) is 13.2. The van der Waals surface area contributed by atoms with Crippen LogP contribution in [-0.2, 0) is 6.42 Å². The normalized spacial score (nSPS) is 16.5. The number of likely N-dealkylation sites (tertiary alicyclic amines) is 1. The average Bonchev–Trinajstić information content (AvgIpc) is 2.40. The van der Waals surface area contributed by atoms with Gasteiger partial charge in [0.15, 0.2) is 0 Å². The Morgan fingerprint density at radius 1 is 1.32 bits per heavy atom. The van der Waals surface area contributed by atoms with E-state index in [1.165, 1.54) is 44.6 Å². The van der Waals surface area contributed by atoms with Crippen molar-refractivity contribution >= 4 is 24.8 Å². The molecule has 0 amide bonds. The van der Waals surface area contributed by atoms with E-state index in [4.69, 9.17) is 0 Å². The van der Waals surface area contributed by atoms with Crippen LogP contribution in [-0.4, -0.2) is 43.1 Å². The lowest BCUT2D eigenvalue weighted by Gasteiger charge is -2.31. The van der Waals surface area contributed by atoms with Gasteiger partial charge in [-0.15, -0.1) is 24.8 Å². The van der Waals surface area contributed by atoms with Gasteiger partial charge < -0.3 is 10.2 Å². The molecule has 0 aliphatic carbocycles.